The van der Waals surface area contributed by atoms with Crippen LogP contribution in [-0.4, -0.2) is 27.4 Å². The molecule has 1 aliphatic rings. The third-order valence-corrected chi connectivity index (χ3v) is 4.16. The summed E-state index contributed by atoms with van der Waals surface area (Å²) in [6, 6.07) is 5.41. The van der Waals surface area contributed by atoms with E-state index in [1.807, 2.05) is 29.5 Å². The Hall–Kier alpha value is -3.09. The number of hydrogen-bond acceptors (Lipinski definition) is 3. The van der Waals surface area contributed by atoms with Gasteiger partial charge in [0, 0.05) is 36.6 Å². The first-order valence-electron chi connectivity index (χ1n) is 7.29. The van der Waals surface area contributed by atoms with Crippen LogP contribution in [0.25, 0.3) is 16.9 Å². The Balaban J connectivity index is 1.87. The summed E-state index contributed by atoms with van der Waals surface area (Å²) in [5, 5.41) is 5.29. The SMILES string of the molecule is CNC(=O)Nc1ccc2c(c1)Cc1c-2[nH]c(=O)c2ncc(C)n12. The molecule has 3 N–H and O–H groups in total. The second-order valence-electron chi connectivity index (χ2n) is 5.59. The topological polar surface area (TPSA) is 91.3 Å². The Morgan fingerprint density at radius 1 is 1.39 bits per heavy atom. The van der Waals surface area contributed by atoms with Crippen LogP contribution in [0.3, 0.4) is 0 Å². The van der Waals surface area contributed by atoms with Crippen LogP contribution >= 0.6 is 0 Å². The summed E-state index contributed by atoms with van der Waals surface area (Å²) >= 11 is 0. The summed E-state index contributed by atoms with van der Waals surface area (Å²) in [6.07, 6.45) is 2.38. The van der Waals surface area contributed by atoms with Gasteiger partial charge in [-0.1, -0.05) is 6.07 Å². The van der Waals surface area contributed by atoms with Crippen molar-refractivity contribution in [2.24, 2.45) is 0 Å². The number of H-pyrrole nitrogens is 1. The number of nitrogens with one attached hydrogen (secondary N) is 3. The minimum atomic E-state index is -0.262. The van der Waals surface area contributed by atoms with E-state index in [4.69, 9.17) is 0 Å². The first kappa shape index (κ1) is 13.6. The smallest absolute Gasteiger partial charge is 0.318 e. The van der Waals surface area contributed by atoms with Crippen LogP contribution in [0.4, 0.5) is 10.5 Å². The molecule has 2 heterocycles. The second kappa shape index (κ2) is 4.70. The zero-order valence-electron chi connectivity index (χ0n) is 12.7. The third-order valence-electron chi connectivity index (χ3n) is 4.16. The number of anilines is 1. The Labute approximate surface area is 131 Å². The summed E-state index contributed by atoms with van der Waals surface area (Å²) in [5.41, 5.74) is 5.75. The van der Waals surface area contributed by atoms with Gasteiger partial charge in [-0.25, -0.2) is 9.78 Å². The van der Waals surface area contributed by atoms with Crippen molar-refractivity contribution in [3.8, 4) is 11.3 Å². The number of benzene rings is 1. The van der Waals surface area contributed by atoms with Gasteiger partial charge in [0.05, 0.1) is 11.4 Å². The van der Waals surface area contributed by atoms with Crippen LogP contribution in [-0.2, 0) is 6.42 Å². The number of aromatic nitrogens is 3. The van der Waals surface area contributed by atoms with Gasteiger partial charge in [0.2, 0.25) is 5.65 Å². The van der Waals surface area contributed by atoms with E-state index < -0.39 is 0 Å². The average Bonchev–Trinajstić information content (AvgIpc) is 3.08. The van der Waals surface area contributed by atoms with Gasteiger partial charge in [0.25, 0.3) is 5.56 Å². The molecular formula is C16H15N5O2. The highest BCUT2D eigenvalue weighted by atomic mass is 16.2. The van der Waals surface area contributed by atoms with E-state index >= 15 is 0 Å². The molecule has 2 aromatic heterocycles. The maximum atomic E-state index is 12.2. The minimum absolute atomic E-state index is 0.197. The zero-order chi connectivity index (χ0) is 16.1. The molecule has 0 radical (unpaired) electrons. The van der Waals surface area contributed by atoms with Gasteiger partial charge < -0.3 is 15.6 Å². The lowest BCUT2D eigenvalue weighted by Crippen LogP contribution is -2.24. The molecule has 0 spiro atoms. The van der Waals surface area contributed by atoms with E-state index in [0.29, 0.717) is 12.1 Å². The van der Waals surface area contributed by atoms with Crippen molar-refractivity contribution in [2.45, 2.75) is 13.3 Å². The number of nitrogens with zero attached hydrogens (tertiary/aromatic N) is 2. The number of fused-ring (bicyclic) bond motifs is 5. The van der Waals surface area contributed by atoms with Crippen molar-refractivity contribution in [3.63, 3.8) is 0 Å². The van der Waals surface area contributed by atoms with Crippen LogP contribution in [0.2, 0.25) is 0 Å². The standard InChI is InChI=1S/C16H15N5O2/c1-8-7-18-14-15(22)20-13-11-4-3-10(19-16(23)17-2)5-9(11)6-12(13)21(8)14/h3-5,7H,6H2,1-2H3,(H,20,22)(H2,17,19,23). The molecule has 0 saturated heterocycles. The molecule has 0 bridgehead atoms. The van der Waals surface area contributed by atoms with Gasteiger partial charge in [-0.2, -0.15) is 0 Å². The summed E-state index contributed by atoms with van der Waals surface area (Å²) in [5.74, 6) is 0. The van der Waals surface area contributed by atoms with Crippen LogP contribution in [0.5, 0.6) is 0 Å². The number of amides is 2. The normalized spacial score (nSPS) is 12.1. The number of urea groups is 1. The van der Waals surface area contributed by atoms with E-state index in [2.05, 4.69) is 20.6 Å². The molecule has 116 valence electrons. The molecular weight excluding hydrogens is 294 g/mol. The molecule has 2 amide bonds. The third kappa shape index (κ3) is 1.93. The highest BCUT2D eigenvalue weighted by molar-refractivity contribution is 5.90. The zero-order valence-corrected chi connectivity index (χ0v) is 12.7. The Morgan fingerprint density at radius 3 is 3.00 bits per heavy atom. The Morgan fingerprint density at radius 2 is 2.22 bits per heavy atom. The number of carbonyl (C=O) groups is 1. The largest absolute Gasteiger partial charge is 0.341 e. The highest BCUT2D eigenvalue weighted by Crippen LogP contribution is 2.36. The molecule has 23 heavy (non-hydrogen) atoms. The molecule has 4 rings (SSSR count). The van der Waals surface area contributed by atoms with E-state index in [9.17, 15) is 9.59 Å². The van der Waals surface area contributed by atoms with Crippen LogP contribution in [0, 0.1) is 6.92 Å². The average molecular weight is 309 g/mol. The van der Waals surface area contributed by atoms with E-state index in [1.54, 1.807) is 13.2 Å². The van der Waals surface area contributed by atoms with Gasteiger partial charge >= 0.3 is 6.03 Å². The Bertz CT molecular complexity index is 1020. The van der Waals surface area contributed by atoms with Crippen molar-refractivity contribution in [1.29, 1.82) is 0 Å². The fourth-order valence-electron chi connectivity index (χ4n) is 3.12. The summed E-state index contributed by atoms with van der Waals surface area (Å²) in [6.45, 7) is 1.93. The maximum Gasteiger partial charge on any atom is 0.318 e. The van der Waals surface area contributed by atoms with Crippen molar-refractivity contribution in [3.05, 3.63) is 51.7 Å². The van der Waals surface area contributed by atoms with Gasteiger partial charge in [-0.05, 0) is 24.6 Å². The molecule has 0 saturated carbocycles. The molecule has 0 aliphatic heterocycles. The van der Waals surface area contributed by atoms with E-state index in [-0.39, 0.29) is 11.6 Å². The molecule has 0 fully saturated rings. The molecule has 7 nitrogen and oxygen atoms in total. The Kier molecular flexibility index (Phi) is 2.77. The summed E-state index contributed by atoms with van der Waals surface area (Å²) in [7, 11) is 1.57. The summed E-state index contributed by atoms with van der Waals surface area (Å²) in [4.78, 5) is 30.8. The van der Waals surface area contributed by atoms with Crippen molar-refractivity contribution < 1.29 is 4.79 Å². The maximum absolute atomic E-state index is 12.2. The number of imidazole rings is 1. The molecule has 0 atom stereocenters. The monoisotopic (exact) mass is 309 g/mol. The van der Waals surface area contributed by atoms with Crippen molar-refractivity contribution in [1.82, 2.24) is 19.7 Å². The van der Waals surface area contributed by atoms with Crippen LogP contribution < -0.4 is 16.2 Å². The fourth-order valence-corrected chi connectivity index (χ4v) is 3.12. The number of aryl methyl sites for hydroxylation is 1. The van der Waals surface area contributed by atoms with E-state index in [0.717, 1.165) is 33.9 Å². The van der Waals surface area contributed by atoms with Crippen LogP contribution in [0.1, 0.15) is 17.0 Å². The van der Waals surface area contributed by atoms with Crippen molar-refractivity contribution >= 4 is 17.4 Å². The first-order valence-corrected chi connectivity index (χ1v) is 7.29. The number of aromatic amines is 1. The molecule has 3 aromatic rings. The number of rotatable bonds is 1. The van der Waals surface area contributed by atoms with Crippen LogP contribution in [0.15, 0.2) is 29.2 Å². The predicted molar refractivity (Wildman–Crippen MR) is 86.9 cm³/mol. The highest BCUT2D eigenvalue weighted by Gasteiger charge is 2.24. The van der Waals surface area contributed by atoms with Crippen molar-refractivity contribution in [2.75, 3.05) is 12.4 Å². The minimum Gasteiger partial charge on any atom is -0.341 e. The van der Waals surface area contributed by atoms with Gasteiger partial charge in [0.1, 0.15) is 0 Å². The first-order chi connectivity index (χ1) is 11.1. The quantitative estimate of drug-likeness (QED) is 0.499. The molecule has 0 unspecified atom stereocenters. The molecule has 1 aromatic carbocycles. The second-order valence-corrected chi connectivity index (χ2v) is 5.59. The predicted octanol–water partition coefficient (Wildman–Crippen LogP) is 1.65. The number of carbonyl (C=O) groups excluding carboxylic acids is 1. The summed E-state index contributed by atoms with van der Waals surface area (Å²) < 4.78 is 1.90. The van der Waals surface area contributed by atoms with Gasteiger partial charge in [-0.15, -0.1) is 0 Å². The molecule has 7 heteroatoms. The lowest BCUT2D eigenvalue weighted by Gasteiger charge is -2.06. The van der Waals surface area contributed by atoms with E-state index in [1.165, 1.54) is 0 Å². The number of hydrogen-bond donors (Lipinski definition) is 3. The van der Waals surface area contributed by atoms with Gasteiger partial charge in [0.15, 0.2) is 0 Å². The fraction of sp³-hybridized carbons (Fsp3) is 0.188. The lowest BCUT2D eigenvalue weighted by atomic mass is 10.1. The lowest BCUT2D eigenvalue weighted by molar-refractivity contribution is 0.254. The van der Waals surface area contributed by atoms with Gasteiger partial charge in [-0.3, -0.25) is 9.20 Å². The molecule has 1 aliphatic carbocycles.